The first-order valence-electron chi connectivity index (χ1n) is 7.41. The van der Waals surface area contributed by atoms with Crippen molar-refractivity contribution in [3.05, 3.63) is 29.8 Å². The highest BCUT2D eigenvalue weighted by Gasteiger charge is 2.34. The summed E-state index contributed by atoms with van der Waals surface area (Å²) in [4.78, 5) is 0.356. The number of piperidine rings is 1. The normalized spacial score (nSPS) is 18.9. The van der Waals surface area contributed by atoms with Gasteiger partial charge in [0.25, 0.3) is 0 Å². The molecule has 1 heterocycles. The highest BCUT2D eigenvalue weighted by molar-refractivity contribution is 7.89. The Morgan fingerprint density at radius 1 is 1.19 bits per heavy atom. The molecule has 0 radical (unpaired) electrons. The summed E-state index contributed by atoms with van der Waals surface area (Å²) in [7, 11) is -3.42. The largest absolute Gasteiger partial charge is 0.243 e. The molecule has 0 N–H and O–H groups in total. The van der Waals surface area contributed by atoms with Gasteiger partial charge in [-0.2, -0.15) is 4.31 Å². The molecule has 1 fully saturated rings. The lowest BCUT2D eigenvalue weighted by atomic mass is 9.76. The lowest BCUT2D eigenvalue weighted by molar-refractivity contribution is 0.154. The average molecular weight is 330 g/mol. The second-order valence-corrected chi connectivity index (χ2v) is 8.96. The molecule has 118 valence electrons. The van der Waals surface area contributed by atoms with Crippen LogP contribution in [0.1, 0.15) is 39.2 Å². The molecule has 0 atom stereocenters. The molecule has 1 aromatic rings. The topological polar surface area (TPSA) is 37.4 Å². The molecule has 2 rings (SSSR count). The molecule has 3 nitrogen and oxygen atoms in total. The van der Waals surface area contributed by atoms with Crippen molar-refractivity contribution in [3.8, 4) is 0 Å². The fourth-order valence-electron chi connectivity index (χ4n) is 2.97. The molecule has 1 aliphatic rings. The van der Waals surface area contributed by atoms with E-state index in [4.69, 9.17) is 11.6 Å². The van der Waals surface area contributed by atoms with E-state index in [1.807, 2.05) is 6.07 Å². The SMILES string of the molecule is CC(C)(C)C1CCN(S(=O)(=O)c2ccccc2CCl)CC1. The number of sulfonamides is 1. The summed E-state index contributed by atoms with van der Waals surface area (Å²) >= 11 is 5.88. The van der Waals surface area contributed by atoms with Gasteiger partial charge in [0.1, 0.15) is 0 Å². The van der Waals surface area contributed by atoms with Crippen molar-refractivity contribution < 1.29 is 8.42 Å². The van der Waals surface area contributed by atoms with Gasteiger partial charge in [0, 0.05) is 19.0 Å². The summed E-state index contributed by atoms with van der Waals surface area (Å²) in [6.07, 6.45) is 1.84. The smallest absolute Gasteiger partial charge is 0.207 e. The first-order valence-corrected chi connectivity index (χ1v) is 9.38. The van der Waals surface area contributed by atoms with Crippen molar-refractivity contribution >= 4 is 21.6 Å². The van der Waals surface area contributed by atoms with Crippen molar-refractivity contribution in [2.45, 2.75) is 44.4 Å². The number of rotatable bonds is 3. The van der Waals surface area contributed by atoms with E-state index in [9.17, 15) is 8.42 Å². The third kappa shape index (κ3) is 3.61. The van der Waals surface area contributed by atoms with Gasteiger partial charge in [0.2, 0.25) is 10.0 Å². The molecule has 0 amide bonds. The number of nitrogens with zero attached hydrogens (tertiary/aromatic N) is 1. The van der Waals surface area contributed by atoms with Gasteiger partial charge in [-0.3, -0.25) is 0 Å². The van der Waals surface area contributed by atoms with Gasteiger partial charge in [-0.05, 0) is 35.8 Å². The van der Waals surface area contributed by atoms with E-state index < -0.39 is 10.0 Å². The molecule has 1 aliphatic heterocycles. The number of benzene rings is 1. The van der Waals surface area contributed by atoms with Gasteiger partial charge in [0.15, 0.2) is 0 Å². The van der Waals surface area contributed by atoms with Gasteiger partial charge in [0.05, 0.1) is 4.90 Å². The van der Waals surface area contributed by atoms with E-state index >= 15 is 0 Å². The van der Waals surface area contributed by atoms with Gasteiger partial charge in [-0.25, -0.2) is 8.42 Å². The van der Waals surface area contributed by atoms with E-state index in [0.29, 0.717) is 29.5 Å². The molecule has 0 bridgehead atoms. The Morgan fingerprint density at radius 3 is 2.29 bits per heavy atom. The number of halogens is 1. The second kappa shape index (κ2) is 6.27. The summed E-state index contributed by atoms with van der Waals surface area (Å²) in [6, 6.07) is 7.01. The average Bonchev–Trinajstić information content (AvgIpc) is 2.46. The summed E-state index contributed by atoms with van der Waals surface area (Å²) in [5.74, 6) is 0.792. The number of alkyl halides is 1. The minimum absolute atomic E-state index is 0.216. The molecule has 1 saturated heterocycles. The van der Waals surface area contributed by atoms with Crippen LogP contribution in [0.15, 0.2) is 29.2 Å². The van der Waals surface area contributed by atoms with Gasteiger partial charge in [-0.1, -0.05) is 39.0 Å². The standard InChI is InChI=1S/C16H24ClNO2S/c1-16(2,3)14-8-10-18(11-9-14)21(19,20)15-7-5-4-6-13(15)12-17/h4-7,14H,8-12H2,1-3H3. The third-order valence-electron chi connectivity index (χ3n) is 4.41. The first kappa shape index (κ1) is 16.8. The van der Waals surface area contributed by atoms with Crippen molar-refractivity contribution in [1.29, 1.82) is 0 Å². The quantitative estimate of drug-likeness (QED) is 0.789. The fraction of sp³-hybridized carbons (Fsp3) is 0.625. The predicted octanol–water partition coefficient (Wildman–Crippen LogP) is 3.87. The van der Waals surface area contributed by atoms with Crippen LogP contribution in [-0.2, 0) is 15.9 Å². The van der Waals surface area contributed by atoms with Crippen LogP contribution in [0.3, 0.4) is 0 Å². The molecule has 1 aromatic carbocycles. The Bertz CT molecular complexity index is 585. The third-order valence-corrected chi connectivity index (χ3v) is 6.70. The van der Waals surface area contributed by atoms with E-state index in [2.05, 4.69) is 20.8 Å². The molecular formula is C16H24ClNO2S. The fourth-order valence-corrected chi connectivity index (χ4v) is 4.97. The van der Waals surface area contributed by atoms with Gasteiger partial charge < -0.3 is 0 Å². The molecule has 0 aromatic heterocycles. The Kier molecular flexibility index (Phi) is 5.01. The number of hydrogen-bond acceptors (Lipinski definition) is 2. The van der Waals surface area contributed by atoms with E-state index in [1.54, 1.807) is 22.5 Å². The van der Waals surface area contributed by atoms with Crippen LogP contribution in [0.25, 0.3) is 0 Å². The van der Waals surface area contributed by atoms with Crippen LogP contribution in [-0.4, -0.2) is 25.8 Å². The monoisotopic (exact) mass is 329 g/mol. The highest BCUT2D eigenvalue weighted by Crippen LogP contribution is 2.36. The van der Waals surface area contributed by atoms with Crippen LogP contribution in [0.4, 0.5) is 0 Å². The van der Waals surface area contributed by atoms with E-state index in [1.165, 1.54) is 0 Å². The first-order chi connectivity index (χ1) is 9.76. The number of hydrogen-bond donors (Lipinski definition) is 0. The maximum Gasteiger partial charge on any atom is 0.243 e. The molecule has 5 heteroatoms. The minimum atomic E-state index is -3.42. The van der Waals surface area contributed by atoms with Crippen LogP contribution in [0.2, 0.25) is 0 Å². The van der Waals surface area contributed by atoms with Crippen LogP contribution < -0.4 is 0 Å². The second-order valence-electron chi connectivity index (χ2n) is 6.79. The van der Waals surface area contributed by atoms with Gasteiger partial charge >= 0.3 is 0 Å². The lowest BCUT2D eigenvalue weighted by Crippen LogP contribution is -2.41. The summed E-state index contributed by atoms with van der Waals surface area (Å²) in [5, 5.41) is 0. The van der Waals surface area contributed by atoms with Crippen molar-refractivity contribution in [3.63, 3.8) is 0 Å². The van der Waals surface area contributed by atoms with Crippen molar-refractivity contribution in [2.75, 3.05) is 13.1 Å². The summed E-state index contributed by atoms with van der Waals surface area (Å²) in [6.45, 7) is 7.88. The van der Waals surface area contributed by atoms with E-state index in [-0.39, 0.29) is 11.3 Å². The highest BCUT2D eigenvalue weighted by atomic mass is 35.5. The summed E-state index contributed by atoms with van der Waals surface area (Å²) in [5.41, 5.74) is 0.918. The molecular weight excluding hydrogens is 306 g/mol. The molecule has 0 spiro atoms. The van der Waals surface area contributed by atoms with Crippen molar-refractivity contribution in [1.82, 2.24) is 4.31 Å². The minimum Gasteiger partial charge on any atom is -0.207 e. The lowest BCUT2D eigenvalue weighted by Gasteiger charge is -2.38. The molecule has 21 heavy (non-hydrogen) atoms. The molecule has 0 aliphatic carbocycles. The Balaban J connectivity index is 2.19. The van der Waals surface area contributed by atoms with Gasteiger partial charge in [-0.15, -0.1) is 11.6 Å². The Morgan fingerprint density at radius 2 is 1.76 bits per heavy atom. The van der Waals surface area contributed by atoms with Crippen LogP contribution >= 0.6 is 11.6 Å². The zero-order valence-corrected chi connectivity index (χ0v) is 14.5. The van der Waals surface area contributed by atoms with E-state index in [0.717, 1.165) is 12.8 Å². The Hall–Kier alpha value is -0.580. The van der Waals surface area contributed by atoms with Crippen LogP contribution in [0, 0.1) is 11.3 Å². The molecule has 0 unspecified atom stereocenters. The predicted molar refractivity (Wildman–Crippen MR) is 86.9 cm³/mol. The van der Waals surface area contributed by atoms with Crippen molar-refractivity contribution in [2.24, 2.45) is 11.3 Å². The Labute approximate surface area is 133 Å². The zero-order chi connectivity index (χ0) is 15.7. The van der Waals surface area contributed by atoms with Crippen LogP contribution in [0.5, 0.6) is 0 Å². The summed E-state index contributed by atoms with van der Waals surface area (Å²) < 4.78 is 27.2. The molecule has 0 saturated carbocycles. The maximum atomic E-state index is 12.8. The maximum absolute atomic E-state index is 12.8. The zero-order valence-electron chi connectivity index (χ0n) is 13.0.